The molecular formula is C93H75N19O3. The molecule has 3 amide bonds. The summed E-state index contributed by atoms with van der Waals surface area (Å²) in [7, 11) is 5.60. The number of pyridine rings is 5. The van der Waals surface area contributed by atoms with Gasteiger partial charge in [-0.25, -0.2) is 29.4 Å². The van der Waals surface area contributed by atoms with Crippen LogP contribution in [0.25, 0.3) is 82.9 Å². The molecule has 115 heavy (non-hydrogen) atoms. The second kappa shape index (κ2) is 33.4. The lowest BCUT2D eigenvalue weighted by atomic mass is 9.96. The Morgan fingerprint density at radius 1 is 0.391 bits per heavy atom. The van der Waals surface area contributed by atoms with Crippen LogP contribution in [0.2, 0.25) is 0 Å². The van der Waals surface area contributed by atoms with E-state index in [1.54, 1.807) is 74.9 Å². The van der Waals surface area contributed by atoms with E-state index >= 15 is 0 Å². The average molecular weight is 1510 g/mol. The fourth-order valence-electron chi connectivity index (χ4n) is 13.6. The third-order valence-corrected chi connectivity index (χ3v) is 19.3. The monoisotopic (exact) mass is 1510 g/mol. The molecule has 22 nitrogen and oxygen atoms in total. The Morgan fingerprint density at radius 2 is 0.896 bits per heavy atom. The standard InChI is InChI=1S/C33H26N6O.C31H25N7O.C29H24N6O/c1-21(37-33(40)29-22(2)35-19-27-13-8-16-34-32(27)29)28-17-26-12-7-11-25(15-14-23-18-36-39(3)20-23)30(26)38-31(28)24-9-5-4-6-10-24;1-20(35-31(39)30-21(2)34-28-13-8-16-32-38(28)30)29-26(23-9-5-4-6-10-23)17-25-24(11-7-12-27(25)36-29)15-14-22-18-33-37(3)19-22;1-19(33-29(36)26-20(2)30-14-15-31-26)25-16-24-11-7-10-23(13-12-21-17-32-35(3)18-21)27(24)34-28(25)22-8-5-4-6-9-22/h4-13,16-21H,1-3H3,(H,37,40);4-13,16-20H,1-3H3,(H,35,39);4-11,14-19H,1-3H3,(H,33,36)/t21-;20-;19-/m000/s1. The van der Waals surface area contributed by atoms with Crippen LogP contribution in [0.4, 0.5) is 0 Å². The molecule has 11 heterocycles. The lowest BCUT2D eigenvalue weighted by molar-refractivity contribution is 0.0924. The summed E-state index contributed by atoms with van der Waals surface area (Å²) in [5.41, 5.74) is 19.8. The number of benzene rings is 6. The summed E-state index contributed by atoms with van der Waals surface area (Å²) >= 11 is 0. The zero-order valence-corrected chi connectivity index (χ0v) is 64.4. The Bertz CT molecular complexity index is 6770. The largest absolute Gasteiger partial charge is 0.345 e. The van der Waals surface area contributed by atoms with E-state index in [4.69, 9.17) is 15.0 Å². The van der Waals surface area contributed by atoms with E-state index in [-0.39, 0.29) is 29.8 Å². The number of aryl methyl sites for hydroxylation is 6. The molecule has 3 atom stereocenters. The van der Waals surface area contributed by atoms with Crippen LogP contribution in [0.3, 0.4) is 0 Å². The molecule has 17 aromatic rings. The van der Waals surface area contributed by atoms with Gasteiger partial charge in [0.1, 0.15) is 5.69 Å². The second-order valence-electron chi connectivity index (χ2n) is 27.5. The van der Waals surface area contributed by atoms with Gasteiger partial charge in [0.2, 0.25) is 0 Å². The van der Waals surface area contributed by atoms with Crippen LogP contribution in [0.5, 0.6) is 0 Å². The van der Waals surface area contributed by atoms with Gasteiger partial charge in [0.25, 0.3) is 17.7 Å². The fourth-order valence-corrected chi connectivity index (χ4v) is 13.6. The molecule has 0 spiro atoms. The van der Waals surface area contributed by atoms with E-state index in [9.17, 15) is 14.4 Å². The van der Waals surface area contributed by atoms with Crippen LogP contribution in [0, 0.1) is 56.3 Å². The molecule has 3 N–H and O–H groups in total. The van der Waals surface area contributed by atoms with Crippen molar-refractivity contribution in [3.05, 3.63) is 340 Å². The van der Waals surface area contributed by atoms with E-state index in [2.05, 4.69) is 115 Å². The van der Waals surface area contributed by atoms with E-state index in [1.807, 2.05) is 238 Å². The maximum absolute atomic E-state index is 13.6. The second-order valence-corrected chi connectivity index (χ2v) is 27.5. The number of amides is 3. The van der Waals surface area contributed by atoms with Gasteiger partial charge in [0.15, 0.2) is 11.3 Å². The van der Waals surface area contributed by atoms with E-state index in [0.717, 1.165) is 122 Å². The van der Waals surface area contributed by atoms with Crippen molar-refractivity contribution in [3.8, 4) is 69.2 Å². The fraction of sp³-hybridized carbons (Fsp3) is 0.129. The lowest BCUT2D eigenvalue weighted by Gasteiger charge is -2.20. The molecule has 0 saturated carbocycles. The number of fused-ring (bicyclic) bond motifs is 5. The van der Waals surface area contributed by atoms with E-state index in [0.29, 0.717) is 45.2 Å². The normalized spacial score (nSPS) is 11.7. The molecule has 0 unspecified atom stereocenters. The highest BCUT2D eigenvalue weighted by molar-refractivity contribution is 6.06. The first-order valence-corrected chi connectivity index (χ1v) is 37.1. The Morgan fingerprint density at radius 3 is 1.45 bits per heavy atom. The molecule has 0 radical (unpaired) electrons. The minimum Gasteiger partial charge on any atom is -0.345 e. The van der Waals surface area contributed by atoms with Crippen molar-refractivity contribution in [3.63, 3.8) is 0 Å². The van der Waals surface area contributed by atoms with Crippen molar-refractivity contribution in [2.75, 3.05) is 0 Å². The van der Waals surface area contributed by atoms with Crippen molar-refractivity contribution in [2.24, 2.45) is 21.1 Å². The molecule has 22 heteroatoms. The van der Waals surface area contributed by atoms with Crippen LogP contribution in [0.15, 0.2) is 256 Å². The lowest BCUT2D eigenvalue weighted by Crippen LogP contribution is -2.29. The summed E-state index contributed by atoms with van der Waals surface area (Å²) < 4.78 is 6.75. The first-order chi connectivity index (χ1) is 55.9. The number of rotatable bonds is 12. The van der Waals surface area contributed by atoms with Crippen LogP contribution < -0.4 is 16.0 Å². The number of para-hydroxylation sites is 2. The van der Waals surface area contributed by atoms with Crippen LogP contribution >= 0.6 is 0 Å². The first-order valence-electron chi connectivity index (χ1n) is 37.1. The number of aromatic nitrogens is 16. The SMILES string of the molecule is Cc1nc2cccnn2c1C(=O)N[C@@H](C)c1nc2cccc(C#Cc3cnn(C)c3)c2cc1-c1ccccc1.Cc1ncc2cccnc2c1C(=O)N[C@@H](C)c1cc2cccc(C#Cc3cnn(C)c3)c2nc1-c1ccccc1.Cc1nccnc1C(=O)N[C@@H](C)c1cc2cccc(C#Cc3cnn(C)c3)c2nc1-c1ccccc1. The van der Waals surface area contributed by atoms with E-state index in [1.165, 1.54) is 6.20 Å². The molecule has 0 aliphatic heterocycles. The van der Waals surface area contributed by atoms with Crippen molar-refractivity contribution in [1.82, 2.24) is 94.8 Å². The minimum absolute atomic E-state index is 0.225. The van der Waals surface area contributed by atoms with Gasteiger partial charge < -0.3 is 16.0 Å². The van der Waals surface area contributed by atoms with Crippen LogP contribution in [-0.4, -0.2) is 96.5 Å². The number of imidazole rings is 1. The molecule has 11 aromatic heterocycles. The number of hydrogen-bond donors (Lipinski definition) is 3. The quantitative estimate of drug-likeness (QED) is 0.0961. The molecule has 0 saturated heterocycles. The molecule has 0 fully saturated rings. The predicted octanol–water partition coefficient (Wildman–Crippen LogP) is 15.3. The van der Waals surface area contributed by atoms with Gasteiger partial charge in [-0.05, 0) is 114 Å². The zero-order valence-electron chi connectivity index (χ0n) is 64.4. The van der Waals surface area contributed by atoms with Gasteiger partial charge in [-0.15, -0.1) is 0 Å². The van der Waals surface area contributed by atoms with Crippen molar-refractivity contribution in [2.45, 2.75) is 59.7 Å². The number of nitrogens with zero attached hydrogens (tertiary/aromatic N) is 16. The summed E-state index contributed by atoms with van der Waals surface area (Å²) in [6, 6.07) is 60.4. The summed E-state index contributed by atoms with van der Waals surface area (Å²) in [6.45, 7) is 11.3. The number of nitrogens with one attached hydrogen (secondary N) is 3. The van der Waals surface area contributed by atoms with Crippen molar-refractivity contribution < 1.29 is 14.4 Å². The topological polar surface area (TPSA) is 261 Å². The molecule has 0 aliphatic carbocycles. The van der Waals surface area contributed by atoms with Gasteiger partial charge >= 0.3 is 0 Å². The highest BCUT2D eigenvalue weighted by atomic mass is 16.2. The molecule has 0 bridgehead atoms. The molecule has 560 valence electrons. The molecule has 6 aromatic carbocycles. The third kappa shape index (κ3) is 16.7. The molecule has 0 aliphatic rings. The third-order valence-electron chi connectivity index (χ3n) is 19.3. The highest BCUT2D eigenvalue weighted by Crippen LogP contribution is 2.36. The van der Waals surface area contributed by atoms with Crippen LogP contribution in [-0.2, 0) is 21.1 Å². The number of carbonyl (C=O) groups is 3. The Labute approximate surface area is 662 Å². The summed E-state index contributed by atoms with van der Waals surface area (Å²) in [6.07, 6.45) is 19.0. The van der Waals surface area contributed by atoms with Crippen molar-refractivity contribution >= 4 is 67.0 Å². The Hall–Kier alpha value is -15.5. The summed E-state index contributed by atoms with van der Waals surface area (Å²) in [5, 5.41) is 29.9. The number of hydrogen-bond acceptors (Lipinski definition) is 15. The van der Waals surface area contributed by atoms with E-state index < -0.39 is 6.04 Å². The predicted molar refractivity (Wildman–Crippen MR) is 446 cm³/mol. The first kappa shape index (κ1) is 75.0. The van der Waals surface area contributed by atoms with Gasteiger partial charge in [-0.2, -0.15) is 20.4 Å². The summed E-state index contributed by atoms with van der Waals surface area (Å²) in [4.78, 5) is 77.1. The van der Waals surface area contributed by atoms with Gasteiger partial charge in [0, 0.05) is 126 Å². The smallest absolute Gasteiger partial charge is 0.272 e. The van der Waals surface area contributed by atoms with Crippen molar-refractivity contribution in [1.29, 1.82) is 0 Å². The Kier molecular flexibility index (Phi) is 21.8. The van der Waals surface area contributed by atoms with Gasteiger partial charge in [0.05, 0.1) is 126 Å². The van der Waals surface area contributed by atoms with Crippen LogP contribution in [0.1, 0.15) is 138 Å². The highest BCUT2D eigenvalue weighted by Gasteiger charge is 2.26. The average Bonchev–Trinajstić information content (AvgIpc) is 1.57. The minimum atomic E-state index is -0.393. The maximum atomic E-state index is 13.6. The zero-order chi connectivity index (χ0) is 79.6. The summed E-state index contributed by atoms with van der Waals surface area (Å²) in [5.74, 6) is 18.6. The maximum Gasteiger partial charge on any atom is 0.272 e. The molecular weight excluding hydrogens is 1430 g/mol. The van der Waals surface area contributed by atoms with Gasteiger partial charge in [-0.1, -0.05) is 157 Å². The number of carbonyl (C=O) groups excluding carboxylic acids is 3. The molecule has 17 rings (SSSR count). The Balaban J connectivity index is 0.000000136. The van der Waals surface area contributed by atoms with Gasteiger partial charge in [-0.3, -0.25) is 43.4 Å².